The van der Waals surface area contributed by atoms with Gasteiger partial charge in [0.25, 0.3) is 5.91 Å². The summed E-state index contributed by atoms with van der Waals surface area (Å²) in [4.78, 5) is 17.7. The second kappa shape index (κ2) is 5.14. The van der Waals surface area contributed by atoms with E-state index in [-0.39, 0.29) is 23.8 Å². The third kappa shape index (κ3) is 3.02. The van der Waals surface area contributed by atoms with E-state index in [2.05, 4.69) is 4.98 Å². The predicted molar refractivity (Wildman–Crippen MR) is 67.8 cm³/mol. The molecule has 104 valence electrons. The average Bonchev–Trinajstić information content (AvgIpc) is 2.36. The first kappa shape index (κ1) is 13.8. The molecule has 2 N–H and O–H groups in total. The van der Waals surface area contributed by atoms with E-state index >= 15 is 0 Å². The van der Waals surface area contributed by atoms with Crippen molar-refractivity contribution in [3.8, 4) is 5.75 Å². The second-order valence-electron chi connectivity index (χ2n) is 5.26. The highest BCUT2D eigenvalue weighted by Crippen LogP contribution is 2.24. The minimum atomic E-state index is -0.524. The fraction of sp³-hybridized carbons (Fsp3) is 0.538. The van der Waals surface area contributed by atoms with Crippen molar-refractivity contribution in [2.45, 2.75) is 25.6 Å². The van der Waals surface area contributed by atoms with Gasteiger partial charge in [0.2, 0.25) is 0 Å². The van der Waals surface area contributed by atoms with Crippen LogP contribution >= 0.6 is 0 Å². The Hall–Kier alpha value is -1.66. The van der Waals surface area contributed by atoms with Crippen LogP contribution in [0.25, 0.3) is 0 Å². The van der Waals surface area contributed by atoms with Gasteiger partial charge in [0.1, 0.15) is 5.75 Å². The summed E-state index contributed by atoms with van der Waals surface area (Å²) in [6.07, 6.45) is 2.29. The van der Waals surface area contributed by atoms with Crippen LogP contribution < -0.4 is 0 Å². The van der Waals surface area contributed by atoms with Gasteiger partial charge in [-0.3, -0.25) is 9.78 Å². The molecule has 1 atom stereocenters. The highest BCUT2D eigenvalue weighted by atomic mass is 16.5. The molecule has 0 radical (unpaired) electrons. The van der Waals surface area contributed by atoms with Gasteiger partial charge >= 0.3 is 0 Å². The lowest BCUT2D eigenvalue weighted by Crippen LogP contribution is -2.55. The Morgan fingerprint density at radius 3 is 3.00 bits per heavy atom. The van der Waals surface area contributed by atoms with Gasteiger partial charge < -0.3 is 19.8 Å². The van der Waals surface area contributed by atoms with Crippen molar-refractivity contribution in [1.29, 1.82) is 0 Å². The number of aliphatic hydroxyl groups excluding tert-OH is 1. The molecule has 1 aromatic heterocycles. The van der Waals surface area contributed by atoms with Crippen molar-refractivity contribution in [3.05, 3.63) is 24.0 Å². The Morgan fingerprint density at radius 2 is 2.37 bits per heavy atom. The summed E-state index contributed by atoms with van der Waals surface area (Å²) in [5, 5.41) is 18.9. The molecule has 0 aromatic carbocycles. The first-order valence-electron chi connectivity index (χ1n) is 6.14. The Bertz CT molecular complexity index is 475. The quantitative estimate of drug-likeness (QED) is 0.809. The number of hydrogen-bond acceptors (Lipinski definition) is 5. The third-order valence-electron chi connectivity index (χ3n) is 3.00. The molecular weight excluding hydrogens is 248 g/mol. The van der Waals surface area contributed by atoms with Gasteiger partial charge in [0.15, 0.2) is 0 Å². The molecule has 6 nitrogen and oxygen atoms in total. The van der Waals surface area contributed by atoms with Crippen LogP contribution in [0, 0.1) is 0 Å². The molecule has 1 aliphatic heterocycles. The number of aliphatic hydroxyl groups is 1. The minimum absolute atomic E-state index is 0.141. The first-order valence-corrected chi connectivity index (χ1v) is 6.14. The monoisotopic (exact) mass is 266 g/mol. The zero-order valence-corrected chi connectivity index (χ0v) is 11.0. The third-order valence-corrected chi connectivity index (χ3v) is 3.00. The van der Waals surface area contributed by atoms with Gasteiger partial charge in [-0.25, -0.2) is 0 Å². The van der Waals surface area contributed by atoms with Crippen LogP contribution in [-0.4, -0.2) is 57.4 Å². The standard InChI is InChI=1S/C13H18N2O4/c1-13(2)8-15(6-9(7-16)19-13)12(18)10-3-4-14-5-11(10)17/h3-5,9,16-17H,6-8H2,1-2H3. The Morgan fingerprint density at radius 1 is 1.63 bits per heavy atom. The zero-order chi connectivity index (χ0) is 14.0. The molecule has 1 fully saturated rings. The Labute approximate surface area is 111 Å². The molecule has 1 saturated heterocycles. The summed E-state index contributed by atoms with van der Waals surface area (Å²) >= 11 is 0. The summed E-state index contributed by atoms with van der Waals surface area (Å²) in [5.41, 5.74) is -0.311. The number of rotatable bonds is 2. The lowest BCUT2D eigenvalue weighted by molar-refractivity contribution is -0.139. The topological polar surface area (TPSA) is 82.9 Å². The van der Waals surface area contributed by atoms with Gasteiger partial charge in [-0.05, 0) is 19.9 Å². The van der Waals surface area contributed by atoms with E-state index < -0.39 is 11.7 Å². The summed E-state index contributed by atoms with van der Waals surface area (Å²) in [7, 11) is 0. The average molecular weight is 266 g/mol. The fourth-order valence-corrected chi connectivity index (χ4v) is 2.28. The van der Waals surface area contributed by atoms with Crippen LogP contribution in [0.1, 0.15) is 24.2 Å². The van der Waals surface area contributed by atoms with Crippen LogP contribution in [0.2, 0.25) is 0 Å². The number of ether oxygens (including phenoxy) is 1. The van der Waals surface area contributed by atoms with E-state index in [1.54, 1.807) is 4.90 Å². The van der Waals surface area contributed by atoms with E-state index in [4.69, 9.17) is 4.74 Å². The van der Waals surface area contributed by atoms with Gasteiger partial charge in [-0.2, -0.15) is 0 Å². The highest BCUT2D eigenvalue weighted by molar-refractivity contribution is 5.96. The zero-order valence-electron chi connectivity index (χ0n) is 11.0. The molecule has 0 spiro atoms. The number of carbonyl (C=O) groups excluding carboxylic acids is 1. The van der Waals surface area contributed by atoms with E-state index in [1.807, 2.05) is 13.8 Å². The molecule has 19 heavy (non-hydrogen) atoms. The van der Waals surface area contributed by atoms with Crippen molar-refractivity contribution in [2.24, 2.45) is 0 Å². The van der Waals surface area contributed by atoms with Gasteiger partial charge in [0, 0.05) is 19.3 Å². The number of carbonyl (C=O) groups is 1. The molecule has 1 amide bonds. The van der Waals surface area contributed by atoms with E-state index in [0.29, 0.717) is 13.1 Å². The second-order valence-corrected chi connectivity index (χ2v) is 5.26. The van der Waals surface area contributed by atoms with Crippen LogP contribution in [0.4, 0.5) is 0 Å². The fourth-order valence-electron chi connectivity index (χ4n) is 2.28. The van der Waals surface area contributed by atoms with E-state index in [9.17, 15) is 15.0 Å². The van der Waals surface area contributed by atoms with Crippen LogP contribution in [0.5, 0.6) is 5.75 Å². The number of hydrogen-bond donors (Lipinski definition) is 2. The lowest BCUT2D eigenvalue weighted by Gasteiger charge is -2.42. The van der Waals surface area contributed by atoms with Gasteiger partial charge in [-0.15, -0.1) is 0 Å². The molecule has 1 aromatic rings. The number of nitrogens with zero attached hydrogens (tertiary/aromatic N) is 2. The number of pyridine rings is 1. The number of morpholine rings is 1. The van der Waals surface area contributed by atoms with Crippen LogP contribution in [0.3, 0.4) is 0 Å². The van der Waals surface area contributed by atoms with E-state index in [0.717, 1.165) is 0 Å². The van der Waals surface area contributed by atoms with Crippen LogP contribution in [-0.2, 0) is 4.74 Å². The van der Waals surface area contributed by atoms with Crippen molar-refractivity contribution in [2.75, 3.05) is 19.7 Å². The molecule has 6 heteroatoms. The SMILES string of the molecule is CC1(C)CN(C(=O)c2ccncc2O)CC(CO)O1. The van der Waals surface area contributed by atoms with Crippen molar-refractivity contribution < 1.29 is 19.7 Å². The smallest absolute Gasteiger partial charge is 0.257 e. The van der Waals surface area contributed by atoms with Crippen molar-refractivity contribution in [1.82, 2.24) is 9.88 Å². The molecule has 0 saturated carbocycles. The molecular formula is C13H18N2O4. The first-order chi connectivity index (χ1) is 8.93. The van der Waals surface area contributed by atoms with Gasteiger partial charge in [-0.1, -0.05) is 0 Å². The molecule has 0 bridgehead atoms. The maximum atomic E-state index is 12.4. The largest absolute Gasteiger partial charge is 0.505 e. The number of amides is 1. The number of aromatic hydroxyl groups is 1. The van der Waals surface area contributed by atoms with Crippen molar-refractivity contribution >= 4 is 5.91 Å². The summed E-state index contributed by atoms with van der Waals surface area (Å²) < 4.78 is 5.65. The highest BCUT2D eigenvalue weighted by Gasteiger charge is 2.36. The normalized spacial score (nSPS) is 22.3. The maximum Gasteiger partial charge on any atom is 0.257 e. The number of aromatic nitrogens is 1. The van der Waals surface area contributed by atoms with Gasteiger partial charge in [0.05, 0.1) is 30.1 Å². The lowest BCUT2D eigenvalue weighted by atomic mass is 10.0. The van der Waals surface area contributed by atoms with Crippen molar-refractivity contribution in [3.63, 3.8) is 0 Å². The summed E-state index contributed by atoms with van der Waals surface area (Å²) in [6, 6.07) is 1.48. The van der Waals surface area contributed by atoms with Crippen LogP contribution in [0.15, 0.2) is 18.5 Å². The Kier molecular flexibility index (Phi) is 3.73. The Balaban J connectivity index is 2.21. The molecule has 2 heterocycles. The molecule has 1 unspecified atom stereocenters. The summed E-state index contributed by atoms with van der Waals surface area (Å²) in [6.45, 7) is 4.29. The minimum Gasteiger partial charge on any atom is -0.505 e. The van der Waals surface area contributed by atoms with E-state index in [1.165, 1.54) is 18.5 Å². The maximum absolute atomic E-state index is 12.4. The summed E-state index contributed by atoms with van der Waals surface area (Å²) in [5.74, 6) is -0.424. The molecule has 2 rings (SSSR count). The predicted octanol–water partition coefficient (Wildman–Crippen LogP) is 0.399. The molecule has 0 aliphatic carbocycles. The molecule has 1 aliphatic rings.